The third-order valence-corrected chi connectivity index (χ3v) is 2.95. The van der Waals surface area contributed by atoms with E-state index in [4.69, 9.17) is 9.47 Å². The Morgan fingerprint density at radius 1 is 1.41 bits per heavy atom. The van der Waals surface area contributed by atoms with Crippen molar-refractivity contribution in [3.8, 4) is 0 Å². The lowest BCUT2D eigenvalue weighted by molar-refractivity contribution is -0.128. The summed E-state index contributed by atoms with van der Waals surface area (Å²) in [5.41, 5.74) is 0.00114. The molecule has 1 fully saturated rings. The fourth-order valence-electron chi connectivity index (χ4n) is 2.48. The number of methoxy groups -OCH3 is 1. The van der Waals surface area contributed by atoms with Crippen LogP contribution in [-0.4, -0.2) is 63.0 Å². The van der Waals surface area contributed by atoms with Gasteiger partial charge in [0.05, 0.1) is 18.3 Å². The van der Waals surface area contributed by atoms with Gasteiger partial charge in [-0.2, -0.15) is 0 Å². The van der Waals surface area contributed by atoms with Gasteiger partial charge in [-0.1, -0.05) is 0 Å². The van der Waals surface area contributed by atoms with Crippen molar-refractivity contribution in [1.29, 1.82) is 0 Å². The van der Waals surface area contributed by atoms with Crippen molar-refractivity contribution in [1.82, 2.24) is 10.2 Å². The van der Waals surface area contributed by atoms with Crippen LogP contribution in [0.4, 0.5) is 0 Å². The fourth-order valence-corrected chi connectivity index (χ4v) is 2.48. The van der Waals surface area contributed by atoms with E-state index in [9.17, 15) is 0 Å². The Kier molecular flexibility index (Phi) is 6.41. The molecule has 102 valence electrons. The van der Waals surface area contributed by atoms with Crippen LogP contribution in [0, 0.1) is 0 Å². The van der Waals surface area contributed by atoms with Gasteiger partial charge < -0.3 is 14.8 Å². The summed E-state index contributed by atoms with van der Waals surface area (Å²) in [6.45, 7) is 12.6. The van der Waals surface area contributed by atoms with Crippen molar-refractivity contribution in [2.24, 2.45) is 0 Å². The molecule has 1 rings (SSSR count). The van der Waals surface area contributed by atoms with Gasteiger partial charge in [0.2, 0.25) is 0 Å². The average Bonchev–Trinajstić information content (AvgIpc) is 2.20. The molecule has 1 N–H and O–H groups in total. The molecular formula is C13H28N2O2. The van der Waals surface area contributed by atoms with Gasteiger partial charge in [0.25, 0.3) is 0 Å². The van der Waals surface area contributed by atoms with Crippen molar-refractivity contribution >= 4 is 0 Å². The van der Waals surface area contributed by atoms with Gasteiger partial charge in [0.1, 0.15) is 0 Å². The number of nitrogens with zero attached hydrogens (tertiary/aromatic N) is 1. The van der Waals surface area contributed by atoms with Crippen LogP contribution < -0.4 is 5.32 Å². The molecule has 4 nitrogen and oxygen atoms in total. The highest BCUT2D eigenvalue weighted by atomic mass is 16.5. The Morgan fingerprint density at radius 2 is 2.18 bits per heavy atom. The van der Waals surface area contributed by atoms with Crippen molar-refractivity contribution < 1.29 is 9.47 Å². The van der Waals surface area contributed by atoms with Crippen LogP contribution in [0.1, 0.15) is 27.2 Å². The maximum atomic E-state index is 5.89. The molecule has 1 heterocycles. The summed E-state index contributed by atoms with van der Waals surface area (Å²) in [6.07, 6.45) is 1.53. The van der Waals surface area contributed by atoms with Crippen LogP contribution in [0.2, 0.25) is 0 Å². The largest absolute Gasteiger partial charge is 0.383 e. The molecule has 0 aromatic rings. The number of hydrogen-bond acceptors (Lipinski definition) is 4. The molecule has 0 aromatic heterocycles. The molecule has 1 saturated heterocycles. The number of rotatable bonds is 7. The first-order chi connectivity index (χ1) is 8.03. The van der Waals surface area contributed by atoms with Crippen molar-refractivity contribution in [3.05, 3.63) is 0 Å². The van der Waals surface area contributed by atoms with E-state index in [1.54, 1.807) is 7.11 Å². The predicted molar refractivity (Wildman–Crippen MR) is 70.4 cm³/mol. The third kappa shape index (κ3) is 6.36. The zero-order valence-corrected chi connectivity index (χ0v) is 11.8. The Bertz CT molecular complexity index is 210. The summed E-state index contributed by atoms with van der Waals surface area (Å²) in [7, 11) is 1.74. The molecule has 0 radical (unpaired) electrons. The molecule has 4 heteroatoms. The molecule has 0 amide bonds. The highest BCUT2D eigenvalue weighted by Gasteiger charge is 2.30. The zero-order valence-electron chi connectivity index (χ0n) is 11.8. The van der Waals surface area contributed by atoms with E-state index in [0.717, 1.165) is 39.3 Å². The molecular weight excluding hydrogens is 216 g/mol. The molecule has 1 aliphatic rings. The summed E-state index contributed by atoms with van der Waals surface area (Å²) < 4.78 is 10.9. The first kappa shape index (κ1) is 14.9. The zero-order chi connectivity index (χ0) is 12.7. The maximum Gasteiger partial charge on any atom is 0.0757 e. The lowest BCUT2D eigenvalue weighted by atomic mass is 10.1. The van der Waals surface area contributed by atoms with E-state index in [1.807, 2.05) is 0 Å². The van der Waals surface area contributed by atoms with E-state index < -0.39 is 0 Å². The summed E-state index contributed by atoms with van der Waals surface area (Å²) >= 11 is 0. The van der Waals surface area contributed by atoms with Gasteiger partial charge in [0.15, 0.2) is 0 Å². The van der Waals surface area contributed by atoms with Gasteiger partial charge in [0, 0.05) is 26.7 Å². The number of nitrogens with one attached hydrogen (secondary N) is 1. The van der Waals surface area contributed by atoms with E-state index >= 15 is 0 Å². The van der Waals surface area contributed by atoms with Crippen LogP contribution in [0.15, 0.2) is 0 Å². The van der Waals surface area contributed by atoms with Crippen LogP contribution in [0.3, 0.4) is 0 Å². The second-order valence-corrected chi connectivity index (χ2v) is 5.52. The fraction of sp³-hybridized carbons (Fsp3) is 1.00. The SMILES string of the molecule is COCCNCCCN1CC(C)OC(C)(C)C1. The number of morpholine rings is 1. The smallest absolute Gasteiger partial charge is 0.0757 e. The van der Waals surface area contributed by atoms with E-state index in [1.165, 1.54) is 6.42 Å². The highest BCUT2D eigenvalue weighted by molar-refractivity contribution is 4.82. The summed E-state index contributed by atoms with van der Waals surface area (Å²) in [5.74, 6) is 0. The van der Waals surface area contributed by atoms with Crippen LogP contribution in [-0.2, 0) is 9.47 Å². The monoisotopic (exact) mass is 244 g/mol. The lowest BCUT2D eigenvalue weighted by Gasteiger charge is -2.41. The number of hydrogen-bond donors (Lipinski definition) is 1. The van der Waals surface area contributed by atoms with E-state index in [2.05, 4.69) is 31.0 Å². The normalized spacial score (nSPS) is 25.1. The topological polar surface area (TPSA) is 33.7 Å². The second-order valence-electron chi connectivity index (χ2n) is 5.52. The lowest BCUT2D eigenvalue weighted by Crippen LogP contribution is -2.52. The average molecular weight is 244 g/mol. The van der Waals surface area contributed by atoms with Gasteiger partial charge >= 0.3 is 0 Å². The molecule has 1 aliphatic heterocycles. The molecule has 0 saturated carbocycles. The van der Waals surface area contributed by atoms with Crippen molar-refractivity contribution in [2.75, 3.05) is 46.4 Å². The van der Waals surface area contributed by atoms with Crippen LogP contribution >= 0.6 is 0 Å². The molecule has 0 spiro atoms. The molecule has 0 bridgehead atoms. The Balaban J connectivity index is 2.10. The summed E-state index contributed by atoms with van der Waals surface area (Å²) in [4.78, 5) is 2.51. The predicted octanol–water partition coefficient (Wildman–Crippen LogP) is 1.11. The first-order valence-electron chi connectivity index (χ1n) is 6.63. The van der Waals surface area contributed by atoms with Crippen molar-refractivity contribution in [3.63, 3.8) is 0 Å². The molecule has 1 unspecified atom stereocenters. The minimum atomic E-state index is 0.00114. The third-order valence-electron chi connectivity index (χ3n) is 2.95. The molecule has 0 aromatic carbocycles. The van der Waals surface area contributed by atoms with Crippen LogP contribution in [0.25, 0.3) is 0 Å². The maximum absolute atomic E-state index is 5.89. The molecule has 1 atom stereocenters. The first-order valence-corrected chi connectivity index (χ1v) is 6.63. The van der Waals surface area contributed by atoms with Gasteiger partial charge in [-0.3, -0.25) is 4.90 Å². The Hall–Kier alpha value is -0.160. The van der Waals surface area contributed by atoms with E-state index in [-0.39, 0.29) is 5.60 Å². The standard InChI is InChI=1S/C13H28N2O2/c1-12-10-15(11-13(2,3)17-12)8-5-6-14-7-9-16-4/h12,14H,5-11H2,1-4H3. The number of ether oxygens (including phenoxy) is 2. The van der Waals surface area contributed by atoms with Crippen LogP contribution in [0.5, 0.6) is 0 Å². The highest BCUT2D eigenvalue weighted by Crippen LogP contribution is 2.20. The molecule has 17 heavy (non-hydrogen) atoms. The molecule has 0 aliphatic carbocycles. The summed E-state index contributed by atoms with van der Waals surface area (Å²) in [5, 5.41) is 3.37. The minimum Gasteiger partial charge on any atom is -0.383 e. The Labute approximate surface area is 106 Å². The van der Waals surface area contributed by atoms with E-state index in [0.29, 0.717) is 6.10 Å². The quantitative estimate of drug-likeness (QED) is 0.680. The second kappa shape index (κ2) is 7.31. The minimum absolute atomic E-state index is 0.00114. The summed E-state index contributed by atoms with van der Waals surface area (Å²) in [6, 6.07) is 0. The van der Waals surface area contributed by atoms with Gasteiger partial charge in [-0.05, 0) is 40.3 Å². The van der Waals surface area contributed by atoms with Gasteiger partial charge in [-0.15, -0.1) is 0 Å². The van der Waals surface area contributed by atoms with Crippen molar-refractivity contribution in [2.45, 2.75) is 38.9 Å². The Morgan fingerprint density at radius 3 is 2.82 bits per heavy atom. The van der Waals surface area contributed by atoms with Gasteiger partial charge in [-0.25, -0.2) is 0 Å².